The Labute approximate surface area is 172 Å². The third-order valence-electron chi connectivity index (χ3n) is 4.94. The minimum Gasteiger partial charge on any atom is -0.284 e. The molecule has 0 saturated carbocycles. The molecule has 28 heavy (non-hydrogen) atoms. The van der Waals surface area contributed by atoms with Crippen molar-refractivity contribution in [3.05, 3.63) is 65.2 Å². The van der Waals surface area contributed by atoms with Gasteiger partial charge in [0.25, 0.3) is 5.91 Å². The number of hydrazine groups is 1. The normalized spacial score (nSPS) is 16.5. The molecule has 148 valence electrons. The number of carbonyl (C=O) groups is 1. The number of amides is 1. The number of nitrogens with one attached hydrogen (secondary N) is 1. The van der Waals surface area contributed by atoms with Gasteiger partial charge in [0, 0.05) is 18.1 Å². The van der Waals surface area contributed by atoms with E-state index in [0.29, 0.717) is 10.7 Å². The first-order valence-electron chi connectivity index (χ1n) is 9.75. The minimum atomic E-state index is -0.166. The summed E-state index contributed by atoms with van der Waals surface area (Å²) in [5.41, 5.74) is 5.40. The van der Waals surface area contributed by atoms with Gasteiger partial charge in [-0.3, -0.25) is 15.2 Å². The monoisotopic (exact) mass is 398 g/mol. The molecule has 2 aromatic rings. The molecule has 0 spiro atoms. The summed E-state index contributed by atoms with van der Waals surface area (Å²) in [6, 6.07) is 17.6. The molecule has 1 N–H and O–H groups in total. The molecular formula is C22H27ClN4O. The number of hydrogen-bond donors (Lipinski definition) is 1. The third kappa shape index (κ3) is 5.33. The van der Waals surface area contributed by atoms with Crippen LogP contribution in [0.25, 0.3) is 0 Å². The van der Waals surface area contributed by atoms with Gasteiger partial charge < -0.3 is 0 Å². The van der Waals surface area contributed by atoms with Crippen LogP contribution in [0.15, 0.2) is 59.7 Å². The zero-order valence-corrected chi connectivity index (χ0v) is 17.2. The van der Waals surface area contributed by atoms with Crippen LogP contribution in [0.1, 0.15) is 44.7 Å². The number of halogens is 1. The zero-order chi connectivity index (χ0) is 19.9. The van der Waals surface area contributed by atoms with E-state index in [4.69, 9.17) is 11.6 Å². The van der Waals surface area contributed by atoms with Gasteiger partial charge in [-0.25, -0.2) is 5.01 Å². The molecule has 0 bridgehead atoms. The van der Waals surface area contributed by atoms with E-state index in [1.807, 2.05) is 52.5 Å². The summed E-state index contributed by atoms with van der Waals surface area (Å²) < 4.78 is 0. The lowest BCUT2D eigenvalue weighted by Crippen LogP contribution is -2.47. The van der Waals surface area contributed by atoms with Gasteiger partial charge in [-0.05, 0) is 56.5 Å². The highest BCUT2D eigenvalue weighted by Gasteiger charge is 2.19. The molecule has 1 saturated heterocycles. The van der Waals surface area contributed by atoms with Crippen LogP contribution in [-0.4, -0.2) is 29.7 Å². The molecular weight excluding hydrogens is 372 g/mol. The number of piperidine rings is 1. The van der Waals surface area contributed by atoms with Crippen LogP contribution in [0, 0.1) is 0 Å². The van der Waals surface area contributed by atoms with Crippen molar-refractivity contribution in [2.24, 2.45) is 5.10 Å². The van der Waals surface area contributed by atoms with Crippen molar-refractivity contribution in [1.82, 2.24) is 10.4 Å². The zero-order valence-electron chi connectivity index (χ0n) is 16.4. The van der Waals surface area contributed by atoms with Gasteiger partial charge in [0.15, 0.2) is 0 Å². The maximum absolute atomic E-state index is 12.7. The average molecular weight is 399 g/mol. The Morgan fingerprint density at radius 3 is 2.36 bits per heavy atom. The molecule has 2 aromatic carbocycles. The van der Waals surface area contributed by atoms with Gasteiger partial charge in [0.1, 0.15) is 5.71 Å². The summed E-state index contributed by atoms with van der Waals surface area (Å²) in [6.45, 7) is 5.60. The first-order valence-corrected chi connectivity index (χ1v) is 10.1. The van der Waals surface area contributed by atoms with Crippen LogP contribution in [0.2, 0.25) is 5.02 Å². The van der Waals surface area contributed by atoms with E-state index in [9.17, 15) is 4.79 Å². The fourth-order valence-electron chi connectivity index (χ4n) is 3.27. The fourth-order valence-corrected chi connectivity index (χ4v) is 3.40. The Hall–Kier alpha value is -2.37. The standard InChI is InChI=1S/C22H27ClN4O/c1-17(22(28)25-26-15-7-4-8-16-26)24-27(21-13-11-20(23)12-14-21)18(2)19-9-5-3-6-10-19/h3,5-6,9-14,18H,4,7-8,15-16H2,1-2H3,(H,25,28)/b24-17+. The molecule has 1 atom stereocenters. The highest BCUT2D eigenvalue weighted by molar-refractivity contribution is 6.37. The Morgan fingerprint density at radius 2 is 1.71 bits per heavy atom. The van der Waals surface area contributed by atoms with Crippen molar-refractivity contribution in [2.45, 2.75) is 39.2 Å². The molecule has 3 rings (SSSR count). The van der Waals surface area contributed by atoms with Crippen molar-refractivity contribution in [3.8, 4) is 0 Å². The van der Waals surface area contributed by atoms with Crippen LogP contribution in [0.5, 0.6) is 0 Å². The molecule has 6 heteroatoms. The van der Waals surface area contributed by atoms with Crippen molar-refractivity contribution in [2.75, 3.05) is 18.1 Å². The highest BCUT2D eigenvalue weighted by atomic mass is 35.5. The Balaban J connectivity index is 1.83. The number of nitrogens with zero attached hydrogens (tertiary/aromatic N) is 3. The number of anilines is 1. The predicted molar refractivity (Wildman–Crippen MR) is 115 cm³/mol. The maximum atomic E-state index is 12.7. The SMILES string of the molecule is C/C(=N\N(c1ccc(Cl)cc1)C(C)c1ccccc1)C(=O)NN1CCCCC1. The molecule has 0 aliphatic carbocycles. The molecule has 0 radical (unpaired) electrons. The number of rotatable bonds is 6. The summed E-state index contributed by atoms with van der Waals surface area (Å²) >= 11 is 6.05. The van der Waals surface area contributed by atoms with Crippen LogP contribution in [-0.2, 0) is 4.79 Å². The summed E-state index contributed by atoms with van der Waals surface area (Å²) in [6.07, 6.45) is 3.44. The summed E-state index contributed by atoms with van der Waals surface area (Å²) in [7, 11) is 0. The molecule has 0 aromatic heterocycles. The van der Waals surface area contributed by atoms with Gasteiger partial charge in [-0.2, -0.15) is 5.10 Å². The second-order valence-corrected chi connectivity index (χ2v) is 7.52. The Morgan fingerprint density at radius 1 is 1.07 bits per heavy atom. The molecule has 1 aliphatic rings. The average Bonchev–Trinajstić information content (AvgIpc) is 2.73. The summed E-state index contributed by atoms with van der Waals surface area (Å²) in [5, 5.41) is 9.21. The van der Waals surface area contributed by atoms with Gasteiger partial charge in [-0.15, -0.1) is 0 Å². The largest absolute Gasteiger partial charge is 0.284 e. The second kappa shape index (κ2) is 9.71. The van der Waals surface area contributed by atoms with E-state index in [0.717, 1.165) is 37.2 Å². The highest BCUT2D eigenvalue weighted by Crippen LogP contribution is 2.28. The summed E-state index contributed by atoms with van der Waals surface area (Å²) in [5.74, 6) is -0.166. The topological polar surface area (TPSA) is 47.9 Å². The van der Waals surface area contributed by atoms with Gasteiger partial charge in [0.2, 0.25) is 0 Å². The molecule has 1 unspecified atom stereocenters. The molecule has 1 heterocycles. The molecule has 1 aliphatic heterocycles. The predicted octanol–water partition coefficient (Wildman–Crippen LogP) is 4.80. The first kappa shape index (κ1) is 20.4. The van der Waals surface area contributed by atoms with Crippen molar-refractivity contribution in [1.29, 1.82) is 0 Å². The van der Waals surface area contributed by atoms with Crippen LogP contribution in [0.3, 0.4) is 0 Å². The Bertz CT molecular complexity index is 801. The van der Waals surface area contributed by atoms with E-state index in [1.165, 1.54) is 6.42 Å². The van der Waals surface area contributed by atoms with Crippen LogP contribution in [0.4, 0.5) is 5.69 Å². The van der Waals surface area contributed by atoms with E-state index in [1.54, 1.807) is 6.92 Å². The lowest BCUT2D eigenvalue weighted by atomic mass is 10.1. The molecule has 1 amide bonds. The fraction of sp³-hybridized carbons (Fsp3) is 0.364. The lowest BCUT2D eigenvalue weighted by Gasteiger charge is -2.29. The van der Waals surface area contributed by atoms with Crippen LogP contribution < -0.4 is 10.4 Å². The maximum Gasteiger partial charge on any atom is 0.281 e. The number of benzene rings is 2. The number of carbonyl (C=O) groups excluding carboxylic acids is 1. The van der Waals surface area contributed by atoms with Crippen molar-refractivity contribution in [3.63, 3.8) is 0 Å². The van der Waals surface area contributed by atoms with Crippen molar-refractivity contribution < 1.29 is 4.79 Å². The second-order valence-electron chi connectivity index (χ2n) is 7.08. The van der Waals surface area contributed by atoms with E-state index >= 15 is 0 Å². The van der Waals surface area contributed by atoms with Crippen LogP contribution >= 0.6 is 11.6 Å². The number of hydrazone groups is 1. The minimum absolute atomic E-state index is 0.0416. The van der Waals surface area contributed by atoms with E-state index in [-0.39, 0.29) is 11.9 Å². The Kier molecular flexibility index (Phi) is 7.06. The summed E-state index contributed by atoms with van der Waals surface area (Å²) in [4.78, 5) is 12.7. The molecule has 1 fully saturated rings. The third-order valence-corrected chi connectivity index (χ3v) is 5.19. The molecule has 5 nitrogen and oxygen atoms in total. The number of hydrogen-bond acceptors (Lipinski definition) is 4. The lowest BCUT2D eigenvalue weighted by molar-refractivity contribution is -0.119. The first-order chi connectivity index (χ1) is 13.5. The quantitative estimate of drug-likeness (QED) is 0.561. The van der Waals surface area contributed by atoms with E-state index in [2.05, 4.69) is 29.6 Å². The van der Waals surface area contributed by atoms with E-state index < -0.39 is 0 Å². The van der Waals surface area contributed by atoms with Gasteiger partial charge in [0.05, 0.1) is 11.7 Å². The van der Waals surface area contributed by atoms with Gasteiger partial charge in [-0.1, -0.05) is 48.4 Å². The van der Waals surface area contributed by atoms with Crippen molar-refractivity contribution >= 4 is 28.9 Å². The van der Waals surface area contributed by atoms with Gasteiger partial charge >= 0.3 is 0 Å². The smallest absolute Gasteiger partial charge is 0.281 e.